The van der Waals surface area contributed by atoms with Crippen molar-refractivity contribution in [3.05, 3.63) is 30.1 Å². The minimum absolute atomic E-state index is 0.0955. The van der Waals surface area contributed by atoms with Gasteiger partial charge in [0.2, 0.25) is 5.91 Å². The van der Waals surface area contributed by atoms with Gasteiger partial charge in [0.05, 0.1) is 5.54 Å². The van der Waals surface area contributed by atoms with Crippen LogP contribution in [0.15, 0.2) is 24.5 Å². The van der Waals surface area contributed by atoms with Crippen molar-refractivity contribution >= 4 is 5.91 Å². The van der Waals surface area contributed by atoms with Crippen molar-refractivity contribution in [2.75, 3.05) is 13.6 Å². The number of aromatic nitrogens is 1. The summed E-state index contributed by atoms with van der Waals surface area (Å²) < 4.78 is 0. The molecule has 110 valence electrons. The highest BCUT2D eigenvalue weighted by molar-refractivity contribution is 5.86. The molecule has 0 aromatic carbocycles. The Morgan fingerprint density at radius 2 is 2.20 bits per heavy atom. The summed E-state index contributed by atoms with van der Waals surface area (Å²) in [6.45, 7) is 2.89. The number of hydrogen-bond donors (Lipinski definition) is 1. The van der Waals surface area contributed by atoms with Gasteiger partial charge in [0.25, 0.3) is 0 Å². The van der Waals surface area contributed by atoms with Crippen molar-refractivity contribution in [1.82, 2.24) is 9.88 Å². The fraction of sp³-hybridized carbons (Fsp3) is 0.625. The molecule has 20 heavy (non-hydrogen) atoms. The lowest BCUT2D eigenvalue weighted by atomic mass is 9.76. The maximum absolute atomic E-state index is 12.6. The lowest BCUT2D eigenvalue weighted by molar-refractivity contribution is -0.137. The van der Waals surface area contributed by atoms with E-state index in [1.165, 1.54) is 12.0 Å². The smallest absolute Gasteiger partial charge is 0.242 e. The Kier molecular flexibility index (Phi) is 4.76. The van der Waals surface area contributed by atoms with Crippen LogP contribution >= 0.6 is 0 Å². The van der Waals surface area contributed by atoms with Gasteiger partial charge in [-0.1, -0.05) is 19.8 Å². The van der Waals surface area contributed by atoms with E-state index in [9.17, 15) is 4.79 Å². The van der Waals surface area contributed by atoms with Crippen LogP contribution in [0.1, 0.15) is 38.2 Å². The summed E-state index contributed by atoms with van der Waals surface area (Å²) in [4.78, 5) is 18.4. The SMILES string of the molecule is CC1CCCC(N)(C(=O)N(C)CCc2ccncc2)C1. The molecule has 1 saturated carbocycles. The van der Waals surface area contributed by atoms with Crippen molar-refractivity contribution in [2.24, 2.45) is 11.7 Å². The van der Waals surface area contributed by atoms with Gasteiger partial charge in [-0.25, -0.2) is 0 Å². The van der Waals surface area contributed by atoms with E-state index < -0.39 is 5.54 Å². The first kappa shape index (κ1) is 15.0. The molecule has 2 atom stereocenters. The molecule has 1 aromatic rings. The molecule has 2 N–H and O–H groups in total. The highest BCUT2D eigenvalue weighted by atomic mass is 16.2. The molecular weight excluding hydrogens is 250 g/mol. The summed E-state index contributed by atoms with van der Waals surface area (Å²) in [6.07, 6.45) is 8.28. The predicted molar refractivity (Wildman–Crippen MR) is 80.1 cm³/mol. The fourth-order valence-corrected chi connectivity index (χ4v) is 3.11. The molecule has 1 heterocycles. The van der Waals surface area contributed by atoms with E-state index >= 15 is 0 Å². The minimum Gasteiger partial charge on any atom is -0.344 e. The van der Waals surface area contributed by atoms with Crippen LogP contribution in [0, 0.1) is 5.92 Å². The van der Waals surface area contributed by atoms with Gasteiger partial charge < -0.3 is 10.6 Å². The topological polar surface area (TPSA) is 59.2 Å². The maximum Gasteiger partial charge on any atom is 0.242 e. The minimum atomic E-state index is -0.648. The van der Waals surface area contributed by atoms with Crippen LogP contribution in [-0.4, -0.2) is 34.9 Å². The number of nitrogens with two attached hydrogens (primary N) is 1. The fourth-order valence-electron chi connectivity index (χ4n) is 3.11. The summed E-state index contributed by atoms with van der Waals surface area (Å²) in [7, 11) is 1.86. The third-order valence-electron chi connectivity index (χ3n) is 4.29. The number of nitrogens with zero attached hydrogens (tertiary/aromatic N) is 2. The van der Waals surface area contributed by atoms with Gasteiger partial charge in [0.15, 0.2) is 0 Å². The Labute approximate surface area is 121 Å². The highest BCUT2D eigenvalue weighted by Crippen LogP contribution is 2.31. The molecule has 0 aliphatic heterocycles. The molecule has 1 aliphatic carbocycles. The van der Waals surface area contributed by atoms with E-state index in [4.69, 9.17) is 5.73 Å². The number of pyridine rings is 1. The van der Waals surface area contributed by atoms with Crippen LogP contribution < -0.4 is 5.73 Å². The zero-order valence-corrected chi connectivity index (χ0v) is 12.5. The van der Waals surface area contributed by atoms with E-state index in [1.54, 1.807) is 17.3 Å². The summed E-state index contributed by atoms with van der Waals surface area (Å²) in [5, 5.41) is 0. The van der Waals surface area contributed by atoms with Gasteiger partial charge in [-0.15, -0.1) is 0 Å². The van der Waals surface area contributed by atoms with E-state index in [0.717, 1.165) is 25.7 Å². The third-order valence-corrected chi connectivity index (χ3v) is 4.29. The zero-order chi connectivity index (χ0) is 14.6. The van der Waals surface area contributed by atoms with Crippen molar-refractivity contribution in [1.29, 1.82) is 0 Å². The number of hydrogen-bond acceptors (Lipinski definition) is 3. The predicted octanol–water partition coefficient (Wildman–Crippen LogP) is 1.99. The summed E-state index contributed by atoms with van der Waals surface area (Å²) in [5.74, 6) is 0.643. The van der Waals surface area contributed by atoms with Crippen LogP contribution in [0.3, 0.4) is 0 Å². The van der Waals surface area contributed by atoms with Gasteiger partial charge in [-0.3, -0.25) is 9.78 Å². The molecule has 0 radical (unpaired) electrons. The molecule has 0 saturated heterocycles. The lowest BCUT2D eigenvalue weighted by Gasteiger charge is -2.38. The molecule has 2 rings (SSSR count). The molecule has 4 heteroatoms. The Morgan fingerprint density at radius 1 is 1.50 bits per heavy atom. The second-order valence-corrected chi connectivity index (χ2v) is 6.19. The van der Waals surface area contributed by atoms with E-state index in [2.05, 4.69) is 11.9 Å². The van der Waals surface area contributed by atoms with E-state index in [0.29, 0.717) is 12.5 Å². The average Bonchev–Trinajstić information content (AvgIpc) is 2.45. The van der Waals surface area contributed by atoms with Crippen LogP contribution in [0.2, 0.25) is 0 Å². The standard InChI is InChI=1S/C16H25N3O/c1-13-4-3-8-16(17,12-13)15(20)19(2)11-7-14-5-9-18-10-6-14/h5-6,9-10,13H,3-4,7-8,11-12,17H2,1-2H3. The van der Waals surface area contributed by atoms with Crippen LogP contribution in [0.4, 0.5) is 0 Å². The lowest BCUT2D eigenvalue weighted by Crippen LogP contribution is -2.56. The van der Waals surface area contributed by atoms with E-state index in [-0.39, 0.29) is 5.91 Å². The molecule has 1 aromatic heterocycles. The van der Waals surface area contributed by atoms with Crippen LogP contribution in [0.5, 0.6) is 0 Å². The van der Waals surface area contributed by atoms with Crippen molar-refractivity contribution in [2.45, 2.75) is 44.6 Å². The quantitative estimate of drug-likeness (QED) is 0.914. The first-order valence-electron chi connectivity index (χ1n) is 7.44. The Balaban J connectivity index is 1.91. The number of amides is 1. The molecule has 4 nitrogen and oxygen atoms in total. The van der Waals surface area contributed by atoms with Crippen LogP contribution in [-0.2, 0) is 11.2 Å². The number of rotatable bonds is 4. The molecule has 1 fully saturated rings. The zero-order valence-electron chi connectivity index (χ0n) is 12.5. The summed E-state index contributed by atoms with van der Waals surface area (Å²) in [6, 6.07) is 3.97. The summed E-state index contributed by atoms with van der Waals surface area (Å²) in [5.41, 5.74) is 6.91. The highest BCUT2D eigenvalue weighted by Gasteiger charge is 2.39. The molecule has 1 aliphatic rings. The Bertz CT molecular complexity index is 448. The normalized spacial score (nSPS) is 26.2. The van der Waals surface area contributed by atoms with Crippen molar-refractivity contribution < 1.29 is 4.79 Å². The van der Waals surface area contributed by atoms with Crippen molar-refractivity contribution in [3.63, 3.8) is 0 Å². The Hall–Kier alpha value is -1.42. The second kappa shape index (κ2) is 6.35. The molecule has 0 bridgehead atoms. The summed E-state index contributed by atoms with van der Waals surface area (Å²) >= 11 is 0. The molecule has 0 spiro atoms. The average molecular weight is 275 g/mol. The number of carbonyl (C=O) groups excluding carboxylic acids is 1. The first-order valence-corrected chi connectivity index (χ1v) is 7.44. The van der Waals surface area contributed by atoms with Crippen LogP contribution in [0.25, 0.3) is 0 Å². The largest absolute Gasteiger partial charge is 0.344 e. The third kappa shape index (κ3) is 3.57. The Morgan fingerprint density at radius 3 is 2.85 bits per heavy atom. The molecule has 2 unspecified atom stereocenters. The number of carbonyl (C=O) groups is 1. The van der Waals surface area contributed by atoms with Gasteiger partial charge in [-0.2, -0.15) is 0 Å². The maximum atomic E-state index is 12.6. The second-order valence-electron chi connectivity index (χ2n) is 6.19. The van der Waals surface area contributed by atoms with Gasteiger partial charge >= 0.3 is 0 Å². The monoisotopic (exact) mass is 275 g/mol. The van der Waals surface area contributed by atoms with Gasteiger partial charge in [-0.05, 0) is 42.9 Å². The van der Waals surface area contributed by atoms with Gasteiger partial charge in [0, 0.05) is 26.0 Å². The van der Waals surface area contributed by atoms with Crippen molar-refractivity contribution in [3.8, 4) is 0 Å². The molecular formula is C16H25N3O. The molecule has 1 amide bonds. The van der Waals surface area contributed by atoms with E-state index in [1.807, 2.05) is 19.2 Å². The first-order chi connectivity index (χ1) is 9.51. The number of likely N-dealkylation sites (N-methyl/N-ethyl adjacent to an activating group) is 1. The van der Waals surface area contributed by atoms with Gasteiger partial charge in [0.1, 0.15) is 0 Å².